The van der Waals surface area contributed by atoms with E-state index < -0.39 is 6.29 Å². The predicted molar refractivity (Wildman–Crippen MR) is 63.7 cm³/mol. The Hall–Kier alpha value is -0.610. The molecule has 0 aliphatic carbocycles. The van der Waals surface area contributed by atoms with E-state index in [0.717, 1.165) is 0 Å². The molecule has 1 unspecified atom stereocenters. The summed E-state index contributed by atoms with van der Waals surface area (Å²) in [6, 6.07) is 0. The standard InChI is InChI=1S/C12H25NO3/c1-11(2,3)16-10(15)12(4,5)8-6-7-9(13)14/h10,15H,6-8H2,1-5H3,(H2,13,14). The van der Waals surface area contributed by atoms with E-state index in [0.29, 0.717) is 19.3 Å². The van der Waals surface area contributed by atoms with Crippen LogP contribution in [0.1, 0.15) is 53.9 Å². The molecule has 1 amide bonds. The van der Waals surface area contributed by atoms with Gasteiger partial charge in [-0.05, 0) is 33.6 Å². The Morgan fingerprint density at radius 1 is 1.31 bits per heavy atom. The van der Waals surface area contributed by atoms with Gasteiger partial charge < -0.3 is 15.6 Å². The molecule has 4 nitrogen and oxygen atoms in total. The van der Waals surface area contributed by atoms with Crippen LogP contribution in [0.25, 0.3) is 0 Å². The summed E-state index contributed by atoms with van der Waals surface area (Å²) in [6.45, 7) is 9.54. The van der Waals surface area contributed by atoms with Gasteiger partial charge in [-0.3, -0.25) is 4.79 Å². The summed E-state index contributed by atoms with van der Waals surface area (Å²) in [5.41, 5.74) is 4.32. The van der Waals surface area contributed by atoms with E-state index in [4.69, 9.17) is 10.5 Å². The number of hydrogen-bond acceptors (Lipinski definition) is 3. The Morgan fingerprint density at radius 2 is 1.81 bits per heavy atom. The molecule has 3 N–H and O–H groups in total. The van der Waals surface area contributed by atoms with Crippen LogP contribution in [0, 0.1) is 5.41 Å². The first-order chi connectivity index (χ1) is 7.04. The van der Waals surface area contributed by atoms with E-state index >= 15 is 0 Å². The van der Waals surface area contributed by atoms with Crippen molar-refractivity contribution in [3.05, 3.63) is 0 Å². The first-order valence-corrected chi connectivity index (χ1v) is 5.69. The van der Waals surface area contributed by atoms with Gasteiger partial charge in [0.05, 0.1) is 5.60 Å². The van der Waals surface area contributed by atoms with Gasteiger partial charge in [0.25, 0.3) is 0 Å². The lowest BCUT2D eigenvalue weighted by atomic mass is 9.86. The summed E-state index contributed by atoms with van der Waals surface area (Å²) in [5, 5.41) is 9.94. The zero-order valence-corrected chi connectivity index (χ0v) is 11.0. The number of aliphatic hydroxyl groups is 1. The van der Waals surface area contributed by atoms with Crippen LogP contribution in [-0.4, -0.2) is 22.9 Å². The van der Waals surface area contributed by atoms with Crippen LogP contribution in [0.3, 0.4) is 0 Å². The van der Waals surface area contributed by atoms with Crippen molar-refractivity contribution >= 4 is 5.91 Å². The van der Waals surface area contributed by atoms with E-state index in [1.807, 2.05) is 34.6 Å². The Labute approximate surface area is 98.2 Å². The monoisotopic (exact) mass is 231 g/mol. The number of amides is 1. The molecule has 0 aliphatic rings. The highest BCUT2D eigenvalue weighted by molar-refractivity contribution is 5.73. The van der Waals surface area contributed by atoms with Crippen LogP contribution in [0.5, 0.6) is 0 Å². The minimum Gasteiger partial charge on any atom is -0.370 e. The van der Waals surface area contributed by atoms with Crippen molar-refractivity contribution in [1.82, 2.24) is 0 Å². The molecule has 0 radical (unpaired) electrons. The summed E-state index contributed by atoms with van der Waals surface area (Å²) >= 11 is 0. The molecule has 4 heteroatoms. The second-order valence-corrected chi connectivity index (χ2v) is 5.89. The number of hydrogen-bond donors (Lipinski definition) is 2. The predicted octanol–water partition coefficient (Wildman–Crippen LogP) is 1.80. The highest BCUT2D eigenvalue weighted by Gasteiger charge is 2.31. The molecule has 0 bridgehead atoms. The Morgan fingerprint density at radius 3 is 2.19 bits per heavy atom. The molecule has 0 aromatic heterocycles. The molecule has 0 aliphatic heterocycles. The number of primary amides is 1. The highest BCUT2D eigenvalue weighted by atomic mass is 16.6. The van der Waals surface area contributed by atoms with Gasteiger partial charge in [0.2, 0.25) is 5.91 Å². The van der Waals surface area contributed by atoms with E-state index in [9.17, 15) is 9.90 Å². The number of aliphatic hydroxyl groups excluding tert-OH is 1. The lowest BCUT2D eigenvalue weighted by Gasteiger charge is -2.35. The smallest absolute Gasteiger partial charge is 0.217 e. The van der Waals surface area contributed by atoms with Gasteiger partial charge in [-0.15, -0.1) is 0 Å². The molecule has 0 aromatic rings. The first-order valence-electron chi connectivity index (χ1n) is 5.69. The SMILES string of the molecule is CC(C)(C)OC(O)C(C)(C)CCCC(N)=O. The average Bonchev–Trinajstić information content (AvgIpc) is 1.99. The van der Waals surface area contributed by atoms with Crippen LogP contribution in [0.4, 0.5) is 0 Å². The van der Waals surface area contributed by atoms with Crippen molar-refractivity contribution in [3.8, 4) is 0 Å². The molecule has 1 atom stereocenters. The molecule has 0 spiro atoms. The molecule has 0 saturated heterocycles. The minimum absolute atomic E-state index is 0.304. The van der Waals surface area contributed by atoms with E-state index in [2.05, 4.69) is 0 Å². The Kier molecular flexibility index (Phi) is 5.42. The summed E-state index contributed by atoms with van der Waals surface area (Å²) in [7, 11) is 0. The van der Waals surface area contributed by atoms with Crippen molar-refractivity contribution in [2.24, 2.45) is 11.1 Å². The van der Waals surface area contributed by atoms with Gasteiger partial charge in [0, 0.05) is 11.8 Å². The Bertz CT molecular complexity index is 231. The quantitative estimate of drug-likeness (QED) is 0.685. The minimum atomic E-state index is -0.833. The summed E-state index contributed by atoms with van der Waals surface area (Å²) in [6.07, 6.45) is 0.895. The second kappa shape index (κ2) is 5.64. The molecule has 0 rings (SSSR count). The summed E-state index contributed by atoms with van der Waals surface area (Å²) in [4.78, 5) is 10.6. The summed E-state index contributed by atoms with van der Waals surface area (Å²) in [5.74, 6) is -0.304. The topological polar surface area (TPSA) is 72.6 Å². The third kappa shape index (κ3) is 6.80. The fourth-order valence-corrected chi connectivity index (χ4v) is 1.34. The third-order valence-electron chi connectivity index (χ3n) is 2.38. The second-order valence-electron chi connectivity index (χ2n) is 5.89. The van der Waals surface area contributed by atoms with Crippen LogP contribution in [0.2, 0.25) is 0 Å². The number of nitrogens with two attached hydrogens (primary N) is 1. The van der Waals surface area contributed by atoms with E-state index in [-0.39, 0.29) is 16.9 Å². The largest absolute Gasteiger partial charge is 0.370 e. The molecular weight excluding hydrogens is 206 g/mol. The maximum atomic E-state index is 10.6. The fourth-order valence-electron chi connectivity index (χ4n) is 1.34. The normalized spacial score (nSPS) is 14.9. The third-order valence-corrected chi connectivity index (χ3v) is 2.38. The zero-order chi connectivity index (χ0) is 13.0. The molecule has 0 saturated carbocycles. The van der Waals surface area contributed by atoms with Gasteiger partial charge >= 0.3 is 0 Å². The first kappa shape index (κ1) is 15.4. The average molecular weight is 231 g/mol. The van der Waals surface area contributed by atoms with Gasteiger partial charge in [-0.25, -0.2) is 0 Å². The van der Waals surface area contributed by atoms with Crippen molar-refractivity contribution in [2.75, 3.05) is 0 Å². The van der Waals surface area contributed by atoms with Crippen LogP contribution in [0.15, 0.2) is 0 Å². The van der Waals surface area contributed by atoms with Gasteiger partial charge in [-0.2, -0.15) is 0 Å². The Balaban J connectivity index is 4.15. The van der Waals surface area contributed by atoms with Crippen LogP contribution >= 0.6 is 0 Å². The van der Waals surface area contributed by atoms with Gasteiger partial charge in [-0.1, -0.05) is 13.8 Å². The highest BCUT2D eigenvalue weighted by Crippen LogP contribution is 2.30. The maximum Gasteiger partial charge on any atom is 0.217 e. The van der Waals surface area contributed by atoms with E-state index in [1.54, 1.807) is 0 Å². The molecular formula is C12H25NO3. The summed E-state index contributed by atoms with van der Waals surface area (Å²) < 4.78 is 5.50. The lowest BCUT2D eigenvalue weighted by molar-refractivity contribution is -0.217. The van der Waals surface area contributed by atoms with Crippen LogP contribution in [-0.2, 0) is 9.53 Å². The number of rotatable bonds is 6. The number of carbonyl (C=O) groups excluding carboxylic acids is 1. The van der Waals surface area contributed by atoms with Crippen molar-refractivity contribution in [3.63, 3.8) is 0 Å². The molecule has 0 aromatic carbocycles. The van der Waals surface area contributed by atoms with Crippen molar-refractivity contribution in [1.29, 1.82) is 0 Å². The van der Waals surface area contributed by atoms with E-state index in [1.165, 1.54) is 0 Å². The lowest BCUT2D eigenvalue weighted by Crippen LogP contribution is -2.38. The van der Waals surface area contributed by atoms with Crippen molar-refractivity contribution in [2.45, 2.75) is 65.8 Å². The zero-order valence-electron chi connectivity index (χ0n) is 11.0. The molecule has 96 valence electrons. The van der Waals surface area contributed by atoms with Crippen molar-refractivity contribution < 1.29 is 14.6 Å². The molecule has 16 heavy (non-hydrogen) atoms. The fraction of sp³-hybridized carbons (Fsp3) is 0.917. The number of carbonyl (C=O) groups is 1. The van der Waals surface area contributed by atoms with Crippen LogP contribution < -0.4 is 5.73 Å². The number of ether oxygens (including phenoxy) is 1. The van der Waals surface area contributed by atoms with Gasteiger partial charge in [0.15, 0.2) is 6.29 Å². The molecule has 0 fully saturated rings. The maximum absolute atomic E-state index is 10.6. The van der Waals surface area contributed by atoms with Gasteiger partial charge in [0.1, 0.15) is 0 Å². The molecule has 0 heterocycles.